The lowest BCUT2D eigenvalue weighted by molar-refractivity contribution is 0.0702. The second kappa shape index (κ2) is 6.45. The summed E-state index contributed by atoms with van der Waals surface area (Å²) < 4.78 is 2.07. The number of amides is 1. The van der Waals surface area contributed by atoms with Crippen molar-refractivity contribution in [2.45, 2.75) is 26.4 Å². The molecule has 124 valence electrons. The summed E-state index contributed by atoms with van der Waals surface area (Å²) in [6.07, 6.45) is 0. The summed E-state index contributed by atoms with van der Waals surface area (Å²) in [5.41, 5.74) is 1.92. The van der Waals surface area contributed by atoms with Gasteiger partial charge in [-0.25, -0.2) is 9.78 Å². The molecule has 0 aliphatic carbocycles. The minimum Gasteiger partial charge on any atom is -0.477 e. The Hall–Kier alpha value is -2.67. The third-order valence-electron chi connectivity index (χ3n) is 3.78. The minimum absolute atomic E-state index is 0.147. The van der Waals surface area contributed by atoms with Crippen LogP contribution in [0.4, 0.5) is 0 Å². The number of para-hydroxylation sites is 2. The molecule has 3 rings (SSSR count). The second-order valence-corrected chi connectivity index (χ2v) is 6.45. The molecule has 2 aromatic heterocycles. The van der Waals surface area contributed by atoms with Crippen LogP contribution in [-0.2, 0) is 6.54 Å². The molecular weight excluding hydrogens is 326 g/mol. The largest absolute Gasteiger partial charge is 0.477 e. The fourth-order valence-corrected chi connectivity index (χ4v) is 3.41. The smallest absolute Gasteiger partial charge is 0.345 e. The van der Waals surface area contributed by atoms with Crippen LogP contribution < -0.4 is 5.32 Å². The molecule has 0 bridgehead atoms. The normalized spacial score (nSPS) is 12.2. The summed E-state index contributed by atoms with van der Waals surface area (Å²) >= 11 is 0.962. The first-order chi connectivity index (χ1) is 11.5. The average molecular weight is 343 g/mol. The summed E-state index contributed by atoms with van der Waals surface area (Å²) in [5, 5.41) is 11.8. The van der Waals surface area contributed by atoms with Crippen molar-refractivity contribution in [3.05, 3.63) is 52.0 Å². The van der Waals surface area contributed by atoms with Gasteiger partial charge in [-0.15, -0.1) is 11.3 Å². The Labute approximate surface area is 142 Å². The van der Waals surface area contributed by atoms with Crippen molar-refractivity contribution in [2.75, 3.05) is 0 Å². The first-order valence-electron chi connectivity index (χ1n) is 7.60. The molecule has 24 heavy (non-hydrogen) atoms. The Kier molecular flexibility index (Phi) is 4.35. The van der Waals surface area contributed by atoms with Gasteiger partial charge in [0.05, 0.1) is 22.0 Å². The third kappa shape index (κ3) is 2.90. The van der Waals surface area contributed by atoms with Gasteiger partial charge in [0.25, 0.3) is 5.91 Å². The highest BCUT2D eigenvalue weighted by Gasteiger charge is 2.20. The van der Waals surface area contributed by atoms with Gasteiger partial charge in [0.15, 0.2) is 0 Å². The monoisotopic (exact) mass is 343 g/mol. The van der Waals surface area contributed by atoms with Crippen LogP contribution >= 0.6 is 11.3 Å². The van der Waals surface area contributed by atoms with Crippen molar-refractivity contribution in [3.8, 4) is 0 Å². The number of fused-ring (bicyclic) bond motifs is 1. The van der Waals surface area contributed by atoms with Gasteiger partial charge in [0.2, 0.25) is 0 Å². The molecule has 6 nitrogen and oxygen atoms in total. The van der Waals surface area contributed by atoms with E-state index in [1.165, 1.54) is 12.1 Å². The fourth-order valence-electron chi connectivity index (χ4n) is 2.66. The number of carboxylic acid groups (broad SMARTS) is 1. The van der Waals surface area contributed by atoms with E-state index in [1.807, 2.05) is 38.1 Å². The summed E-state index contributed by atoms with van der Waals surface area (Å²) in [6.45, 7) is 4.65. The lowest BCUT2D eigenvalue weighted by Crippen LogP contribution is -2.28. The standard InChI is InChI=1S/C17H17N3O3S/c1-3-20-12-7-5-4-6-11(12)19-15(20)10(2)18-16(21)13-8-9-14(24-13)17(22)23/h4-10H,3H2,1-2H3,(H,18,21)(H,22,23). The second-order valence-electron chi connectivity index (χ2n) is 5.37. The SMILES string of the molecule is CCn1c(C(C)NC(=O)c2ccc(C(=O)O)s2)nc2ccccc21. The first kappa shape index (κ1) is 16.2. The molecule has 1 unspecified atom stereocenters. The molecule has 7 heteroatoms. The van der Waals surface area contributed by atoms with E-state index in [0.29, 0.717) is 4.88 Å². The maximum Gasteiger partial charge on any atom is 0.345 e. The van der Waals surface area contributed by atoms with Gasteiger partial charge in [-0.2, -0.15) is 0 Å². The maximum atomic E-state index is 12.3. The number of hydrogen-bond donors (Lipinski definition) is 2. The van der Waals surface area contributed by atoms with Gasteiger partial charge in [-0.1, -0.05) is 12.1 Å². The van der Waals surface area contributed by atoms with Crippen LogP contribution in [0.2, 0.25) is 0 Å². The number of carbonyl (C=O) groups is 2. The Morgan fingerprint density at radius 2 is 1.96 bits per heavy atom. The Morgan fingerprint density at radius 1 is 1.25 bits per heavy atom. The highest BCUT2D eigenvalue weighted by molar-refractivity contribution is 7.15. The van der Waals surface area contributed by atoms with Gasteiger partial charge in [-0.3, -0.25) is 4.79 Å². The van der Waals surface area contributed by atoms with Crippen LogP contribution in [0.5, 0.6) is 0 Å². The summed E-state index contributed by atoms with van der Waals surface area (Å²) in [5.74, 6) is -0.545. The number of carbonyl (C=O) groups excluding carboxylic acids is 1. The fraction of sp³-hybridized carbons (Fsp3) is 0.235. The lowest BCUT2D eigenvalue weighted by atomic mass is 10.3. The number of rotatable bonds is 5. The molecule has 1 aromatic carbocycles. The average Bonchev–Trinajstić information content (AvgIpc) is 3.19. The highest BCUT2D eigenvalue weighted by atomic mass is 32.1. The van der Waals surface area contributed by atoms with Crippen LogP contribution in [0.25, 0.3) is 11.0 Å². The molecule has 3 aromatic rings. The zero-order valence-corrected chi connectivity index (χ0v) is 14.1. The Bertz CT molecular complexity index is 913. The van der Waals surface area contributed by atoms with Gasteiger partial charge >= 0.3 is 5.97 Å². The van der Waals surface area contributed by atoms with E-state index in [4.69, 9.17) is 5.11 Å². The van der Waals surface area contributed by atoms with Crippen LogP contribution in [0.15, 0.2) is 36.4 Å². The predicted octanol–water partition coefficient (Wildman–Crippen LogP) is 3.31. The predicted molar refractivity (Wildman–Crippen MR) is 92.6 cm³/mol. The number of nitrogens with zero attached hydrogens (tertiary/aromatic N) is 2. The van der Waals surface area contributed by atoms with E-state index in [-0.39, 0.29) is 16.8 Å². The molecule has 0 spiro atoms. The van der Waals surface area contributed by atoms with Gasteiger partial charge in [0, 0.05) is 6.54 Å². The van der Waals surface area contributed by atoms with E-state index < -0.39 is 5.97 Å². The molecular formula is C17H17N3O3S. The molecule has 2 heterocycles. The summed E-state index contributed by atoms with van der Waals surface area (Å²) in [7, 11) is 0. The van der Waals surface area contributed by atoms with Gasteiger partial charge < -0.3 is 15.0 Å². The first-order valence-corrected chi connectivity index (χ1v) is 8.42. The van der Waals surface area contributed by atoms with Crippen molar-refractivity contribution < 1.29 is 14.7 Å². The number of aromatic carboxylic acids is 1. The molecule has 0 aliphatic rings. The Morgan fingerprint density at radius 3 is 2.62 bits per heavy atom. The van der Waals surface area contributed by atoms with Gasteiger partial charge in [0.1, 0.15) is 10.7 Å². The molecule has 0 fully saturated rings. The molecule has 1 amide bonds. The molecule has 0 aliphatic heterocycles. The number of aryl methyl sites for hydroxylation is 1. The van der Waals surface area contributed by atoms with Crippen LogP contribution in [0.3, 0.4) is 0 Å². The number of thiophene rings is 1. The number of carboxylic acids is 1. The number of imidazole rings is 1. The Balaban J connectivity index is 1.85. The number of nitrogens with one attached hydrogen (secondary N) is 1. The van der Waals surface area contributed by atoms with Crippen molar-refractivity contribution in [2.24, 2.45) is 0 Å². The number of benzene rings is 1. The minimum atomic E-state index is -1.03. The molecule has 1 atom stereocenters. The number of hydrogen-bond acceptors (Lipinski definition) is 4. The van der Waals surface area contributed by atoms with E-state index in [2.05, 4.69) is 14.9 Å². The zero-order chi connectivity index (χ0) is 17.3. The quantitative estimate of drug-likeness (QED) is 0.744. The maximum absolute atomic E-state index is 12.3. The van der Waals surface area contributed by atoms with Crippen molar-refractivity contribution in [1.29, 1.82) is 0 Å². The third-order valence-corrected chi connectivity index (χ3v) is 4.85. The summed E-state index contributed by atoms with van der Waals surface area (Å²) in [4.78, 5) is 28.4. The van der Waals surface area contributed by atoms with Crippen LogP contribution in [0, 0.1) is 0 Å². The highest BCUT2D eigenvalue weighted by Crippen LogP contribution is 2.22. The summed E-state index contributed by atoms with van der Waals surface area (Å²) in [6, 6.07) is 10.5. The van der Waals surface area contributed by atoms with E-state index in [9.17, 15) is 9.59 Å². The van der Waals surface area contributed by atoms with Crippen LogP contribution in [-0.4, -0.2) is 26.5 Å². The topological polar surface area (TPSA) is 84.2 Å². The van der Waals surface area contributed by atoms with E-state index >= 15 is 0 Å². The molecule has 2 N–H and O–H groups in total. The van der Waals surface area contributed by atoms with E-state index in [0.717, 1.165) is 34.7 Å². The number of aromatic nitrogens is 2. The lowest BCUT2D eigenvalue weighted by Gasteiger charge is -2.14. The molecule has 0 saturated heterocycles. The van der Waals surface area contributed by atoms with Crippen molar-refractivity contribution >= 4 is 34.2 Å². The van der Waals surface area contributed by atoms with Gasteiger partial charge in [-0.05, 0) is 38.1 Å². The van der Waals surface area contributed by atoms with Crippen molar-refractivity contribution in [1.82, 2.24) is 14.9 Å². The van der Waals surface area contributed by atoms with Crippen LogP contribution in [0.1, 0.15) is 45.1 Å². The zero-order valence-electron chi connectivity index (χ0n) is 13.3. The molecule has 0 radical (unpaired) electrons. The van der Waals surface area contributed by atoms with Crippen molar-refractivity contribution in [3.63, 3.8) is 0 Å². The molecule has 0 saturated carbocycles. The van der Waals surface area contributed by atoms with E-state index in [1.54, 1.807) is 0 Å².